The monoisotopic (exact) mass is 582 g/mol. The van der Waals surface area contributed by atoms with Crippen molar-refractivity contribution in [1.82, 2.24) is 29.8 Å². The zero-order valence-corrected chi connectivity index (χ0v) is 24.5. The lowest BCUT2D eigenvalue weighted by atomic mass is 9.98. The fourth-order valence-electron chi connectivity index (χ4n) is 4.88. The van der Waals surface area contributed by atoms with E-state index in [2.05, 4.69) is 22.4 Å². The molecule has 0 atom stereocenters. The van der Waals surface area contributed by atoms with Crippen LogP contribution in [0.5, 0.6) is 5.75 Å². The number of nitrogens with zero attached hydrogens (tertiary/aromatic N) is 6. The average Bonchev–Trinajstić information content (AvgIpc) is 3.48. The molecule has 11 heteroatoms. The summed E-state index contributed by atoms with van der Waals surface area (Å²) in [6, 6.07) is 21.4. The van der Waals surface area contributed by atoms with Gasteiger partial charge in [0, 0.05) is 26.0 Å². The van der Waals surface area contributed by atoms with Crippen molar-refractivity contribution < 1.29 is 19.0 Å². The highest BCUT2D eigenvalue weighted by atomic mass is 16.6. The van der Waals surface area contributed by atoms with E-state index in [0.717, 1.165) is 40.9 Å². The van der Waals surface area contributed by atoms with Crippen molar-refractivity contribution in [3.05, 3.63) is 88.5 Å². The number of hydrogen-bond acceptors (Lipinski definition) is 9. The molecule has 5 aromatic rings. The number of carbonyl (C=O) groups excluding carboxylic acids is 1. The van der Waals surface area contributed by atoms with Gasteiger partial charge in [-0.25, -0.2) is 4.98 Å². The summed E-state index contributed by atoms with van der Waals surface area (Å²) in [6.07, 6.45) is 2.61. The van der Waals surface area contributed by atoms with Crippen LogP contribution < -0.4 is 10.3 Å². The maximum absolute atomic E-state index is 13.8. The summed E-state index contributed by atoms with van der Waals surface area (Å²) in [4.78, 5) is 29.7. The molecular weight excluding hydrogens is 548 g/mol. The highest BCUT2D eigenvalue weighted by Gasteiger charge is 2.16. The van der Waals surface area contributed by atoms with E-state index < -0.39 is 0 Å². The second kappa shape index (κ2) is 13.8. The summed E-state index contributed by atoms with van der Waals surface area (Å²) in [7, 11) is 1.60. The minimum atomic E-state index is -0.366. The normalized spacial score (nSPS) is 11.1. The Morgan fingerprint density at radius 2 is 1.77 bits per heavy atom. The first-order valence-corrected chi connectivity index (χ1v) is 14.2. The summed E-state index contributed by atoms with van der Waals surface area (Å²) in [5.74, 6) is 1.52. The number of aryl methyl sites for hydroxylation is 1. The second-order valence-corrected chi connectivity index (χ2v) is 10.1. The Kier molecular flexibility index (Phi) is 9.52. The molecule has 0 fully saturated rings. The molecule has 0 amide bonds. The number of rotatable bonds is 13. The highest BCUT2D eigenvalue weighted by Crippen LogP contribution is 2.31. The summed E-state index contributed by atoms with van der Waals surface area (Å²) >= 11 is 0. The van der Waals surface area contributed by atoms with Crippen LogP contribution in [0.3, 0.4) is 0 Å². The Morgan fingerprint density at radius 3 is 2.51 bits per heavy atom. The molecule has 0 bridgehead atoms. The third-order valence-electron chi connectivity index (χ3n) is 6.97. The van der Waals surface area contributed by atoms with E-state index in [1.807, 2.05) is 48.5 Å². The largest absolute Gasteiger partial charge is 0.490 e. The van der Waals surface area contributed by atoms with Crippen molar-refractivity contribution >= 4 is 16.9 Å². The van der Waals surface area contributed by atoms with Gasteiger partial charge >= 0.3 is 5.97 Å². The minimum absolute atomic E-state index is 0.124. The fraction of sp³-hybridized carbons (Fsp3) is 0.312. The number of aromatic nitrogens is 6. The molecule has 0 aliphatic rings. The first kappa shape index (κ1) is 29.6. The average molecular weight is 583 g/mol. The molecular formula is C32H34N6O5. The molecule has 0 unspecified atom stereocenters. The van der Waals surface area contributed by atoms with Crippen LogP contribution in [0.4, 0.5) is 0 Å². The molecule has 2 heterocycles. The lowest BCUT2D eigenvalue weighted by molar-refractivity contribution is -0.141. The molecule has 0 aliphatic heterocycles. The molecule has 222 valence electrons. The van der Waals surface area contributed by atoms with Crippen LogP contribution in [0, 0.1) is 0 Å². The Morgan fingerprint density at radius 1 is 0.977 bits per heavy atom. The Labute approximate surface area is 249 Å². The van der Waals surface area contributed by atoms with Gasteiger partial charge in [-0.05, 0) is 51.7 Å². The molecule has 0 saturated carbocycles. The molecule has 2 aromatic heterocycles. The summed E-state index contributed by atoms with van der Waals surface area (Å²) in [6.45, 7) is 4.42. The number of unbranched alkanes of at least 4 members (excludes halogenated alkanes) is 1. The van der Waals surface area contributed by atoms with E-state index in [0.29, 0.717) is 35.4 Å². The zero-order valence-electron chi connectivity index (χ0n) is 24.5. The van der Waals surface area contributed by atoms with Gasteiger partial charge in [0.2, 0.25) is 0 Å². The highest BCUT2D eigenvalue weighted by molar-refractivity contribution is 5.81. The summed E-state index contributed by atoms with van der Waals surface area (Å²) in [5, 5.41) is 12.5. The zero-order chi connectivity index (χ0) is 30.2. The van der Waals surface area contributed by atoms with Gasteiger partial charge in [0.05, 0.1) is 17.4 Å². The Bertz CT molecular complexity index is 1760. The van der Waals surface area contributed by atoms with Crippen molar-refractivity contribution in [2.75, 3.05) is 20.3 Å². The number of methoxy groups -OCH3 is 1. The SMILES string of the molecule is CCCCc1nc2ccc(OCCOC(C)=O)cc2c(=O)n1Cc1ccc(-c2ccccc2-c2nnnn2COC)cc1. The van der Waals surface area contributed by atoms with Crippen LogP contribution in [0.1, 0.15) is 38.1 Å². The van der Waals surface area contributed by atoms with Crippen LogP contribution in [-0.2, 0) is 34.0 Å². The van der Waals surface area contributed by atoms with Crippen molar-refractivity contribution in [3.63, 3.8) is 0 Å². The van der Waals surface area contributed by atoms with E-state index in [-0.39, 0.29) is 31.5 Å². The number of carbonyl (C=O) groups is 1. The first-order valence-electron chi connectivity index (χ1n) is 14.2. The molecule has 0 aliphatic carbocycles. The van der Waals surface area contributed by atoms with E-state index in [1.54, 1.807) is 34.6 Å². The standard InChI is InChI=1S/C32H34N6O5/c1-4-5-10-30-33-29-16-15-25(43-18-17-42-22(2)39)19-28(29)32(40)37(30)20-23-11-13-24(14-12-23)26-8-6-7-9-27(26)31-34-35-36-38(31)21-41-3/h6-9,11-16,19H,4-5,10,17-18,20-21H2,1-3H3. The van der Waals surface area contributed by atoms with Gasteiger partial charge < -0.3 is 14.2 Å². The van der Waals surface area contributed by atoms with Gasteiger partial charge in [-0.15, -0.1) is 5.10 Å². The maximum Gasteiger partial charge on any atom is 0.302 e. The van der Waals surface area contributed by atoms with E-state index in [1.165, 1.54) is 6.92 Å². The first-order chi connectivity index (χ1) is 21.0. The Hall–Kier alpha value is -4.90. The number of fused-ring (bicyclic) bond motifs is 1. The van der Waals surface area contributed by atoms with Crippen LogP contribution in [-0.4, -0.2) is 56.1 Å². The third kappa shape index (κ3) is 6.95. The molecule has 11 nitrogen and oxygen atoms in total. The molecule has 0 saturated heterocycles. The molecule has 5 rings (SSSR count). The number of tetrazole rings is 1. The topological polar surface area (TPSA) is 123 Å². The van der Waals surface area contributed by atoms with E-state index >= 15 is 0 Å². The summed E-state index contributed by atoms with van der Waals surface area (Å²) in [5.41, 5.74) is 4.34. The lowest BCUT2D eigenvalue weighted by Crippen LogP contribution is -2.26. The number of hydrogen-bond donors (Lipinski definition) is 0. The number of ether oxygens (including phenoxy) is 3. The van der Waals surface area contributed by atoms with Crippen LogP contribution in [0.25, 0.3) is 33.4 Å². The third-order valence-corrected chi connectivity index (χ3v) is 6.97. The predicted molar refractivity (Wildman–Crippen MR) is 162 cm³/mol. The van der Waals surface area contributed by atoms with Gasteiger partial charge in [-0.2, -0.15) is 4.68 Å². The van der Waals surface area contributed by atoms with Crippen LogP contribution in [0.15, 0.2) is 71.5 Å². The van der Waals surface area contributed by atoms with Crippen LogP contribution >= 0.6 is 0 Å². The Balaban J connectivity index is 1.44. The fourth-order valence-corrected chi connectivity index (χ4v) is 4.88. The number of esters is 1. The number of benzene rings is 3. The molecule has 0 spiro atoms. The lowest BCUT2D eigenvalue weighted by Gasteiger charge is -2.15. The van der Waals surface area contributed by atoms with Gasteiger partial charge in [-0.1, -0.05) is 61.9 Å². The molecule has 0 N–H and O–H groups in total. The smallest absolute Gasteiger partial charge is 0.302 e. The quantitative estimate of drug-likeness (QED) is 0.144. The summed E-state index contributed by atoms with van der Waals surface area (Å²) < 4.78 is 19.2. The van der Waals surface area contributed by atoms with Crippen LogP contribution in [0.2, 0.25) is 0 Å². The van der Waals surface area contributed by atoms with Crippen molar-refractivity contribution in [2.24, 2.45) is 0 Å². The van der Waals surface area contributed by atoms with Crippen molar-refractivity contribution in [1.29, 1.82) is 0 Å². The van der Waals surface area contributed by atoms with Crippen molar-refractivity contribution in [2.45, 2.75) is 46.4 Å². The van der Waals surface area contributed by atoms with Gasteiger partial charge in [0.15, 0.2) is 5.82 Å². The molecule has 0 radical (unpaired) electrons. The minimum Gasteiger partial charge on any atom is -0.490 e. The molecule has 3 aromatic carbocycles. The predicted octanol–water partition coefficient (Wildman–Crippen LogP) is 4.65. The second-order valence-electron chi connectivity index (χ2n) is 10.1. The van der Waals surface area contributed by atoms with Crippen molar-refractivity contribution in [3.8, 4) is 28.3 Å². The van der Waals surface area contributed by atoms with Gasteiger partial charge in [0.25, 0.3) is 5.56 Å². The van der Waals surface area contributed by atoms with Gasteiger partial charge in [0.1, 0.15) is 31.5 Å². The van der Waals surface area contributed by atoms with Gasteiger partial charge in [-0.3, -0.25) is 14.2 Å². The van der Waals surface area contributed by atoms with E-state index in [4.69, 9.17) is 19.2 Å². The maximum atomic E-state index is 13.8. The van der Waals surface area contributed by atoms with E-state index in [9.17, 15) is 9.59 Å². The molecule has 43 heavy (non-hydrogen) atoms.